The number of aliphatic hydroxyl groups is 1. The second kappa shape index (κ2) is 14.8. The van der Waals surface area contributed by atoms with Gasteiger partial charge in [-0.3, -0.25) is 0 Å². The predicted octanol–water partition coefficient (Wildman–Crippen LogP) is 4.85. The maximum atomic E-state index is 9.75. The van der Waals surface area contributed by atoms with Crippen molar-refractivity contribution in [3.05, 3.63) is 42.7 Å². The average Bonchev–Trinajstić information content (AvgIpc) is 2.64. The van der Waals surface area contributed by atoms with Crippen molar-refractivity contribution < 1.29 is 19.3 Å². The summed E-state index contributed by atoms with van der Waals surface area (Å²) in [5.74, 6) is 0.768. The van der Waals surface area contributed by atoms with E-state index < -0.39 is 6.10 Å². The lowest BCUT2D eigenvalue weighted by Crippen LogP contribution is -2.23. The van der Waals surface area contributed by atoms with Gasteiger partial charge in [-0.25, -0.2) is 0 Å². The van der Waals surface area contributed by atoms with Gasteiger partial charge in [0.2, 0.25) is 0 Å². The lowest BCUT2D eigenvalue weighted by Gasteiger charge is -2.13. The van der Waals surface area contributed by atoms with Crippen LogP contribution >= 0.6 is 0 Å². The molecule has 0 saturated heterocycles. The Morgan fingerprint density at radius 1 is 1.00 bits per heavy atom. The summed E-state index contributed by atoms with van der Waals surface area (Å²) < 4.78 is 15.5. The lowest BCUT2D eigenvalue weighted by atomic mass is 10.0. The number of hydrogen-bond donors (Lipinski definition) is 1. The molecule has 1 rings (SSSR count). The Balaban J connectivity index is 2.11. The van der Waals surface area contributed by atoms with Crippen LogP contribution in [0, 0.1) is 0 Å². The number of rotatable bonds is 16. The number of hydrogen-bond acceptors (Lipinski definition) is 4. The fourth-order valence-corrected chi connectivity index (χ4v) is 2.56. The first-order chi connectivity index (χ1) is 12.3. The van der Waals surface area contributed by atoms with Crippen molar-refractivity contribution in [2.75, 3.05) is 20.0 Å². The highest BCUT2D eigenvalue weighted by atomic mass is 16.7. The first-order valence-corrected chi connectivity index (χ1v) is 9.46. The van der Waals surface area contributed by atoms with Crippen LogP contribution in [-0.2, 0) is 15.9 Å². The SMILES string of the molecule is C=COCOCC(O)COc1ccc(CCCCCCCCC)cc1. The molecule has 1 unspecified atom stereocenters. The Morgan fingerprint density at radius 2 is 1.68 bits per heavy atom. The van der Waals surface area contributed by atoms with Crippen molar-refractivity contribution in [1.82, 2.24) is 0 Å². The third-order valence-electron chi connectivity index (χ3n) is 4.01. The topological polar surface area (TPSA) is 47.9 Å². The van der Waals surface area contributed by atoms with Crippen LogP contribution in [-0.4, -0.2) is 31.2 Å². The van der Waals surface area contributed by atoms with E-state index in [1.165, 1.54) is 56.8 Å². The molecule has 0 aliphatic heterocycles. The van der Waals surface area contributed by atoms with Crippen molar-refractivity contribution in [2.24, 2.45) is 0 Å². The normalized spacial score (nSPS) is 11.9. The van der Waals surface area contributed by atoms with E-state index in [0.29, 0.717) is 0 Å². The van der Waals surface area contributed by atoms with Crippen molar-refractivity contribution >= 4 is 0 Å². The Hall–Kier alpha value is -1.52. The number of aliphatic hydroxyl groups excluding tert-OH is 1. The van der Waals surface area contributed by atoms with Crippen LogP contribution in [0.1, 0.15) is 57.4 Å². The van der Waals surface area contributed by atoms with E-state index in [9.17, 15) is 5.11 Å². The van der Waals surface area contributed by atoms with Gasteiger partial charge in [0.05, 0.1) is 12.9 Å². The largest absolute Gasteiger partial charge is 0.491 e. The summed E-state index contributed by atoms with van der Waals surface area (Å²) in [4.78, 5) is 0. The highest BCUT2D eigenvalue weighted by molar-refractivity contribution is 5.27. The summed E-state index contributed by atoms with van der Waals surface area (Å²) in [5, 5.41) is 9.75. The van der Waals surface area contributed by atoms with Gasteiger partial charge in [0, 0.05) is 0 Å². The van der Waals surface area contributed by atoms with Crippen LogP contribution in [0.2, 0.25) is 0 Å². The molecule has 1 aromatic rings. The summed E-state index contributed by atoms with van der Waals surface area (Å²) >= 11 is 0. The highest BCUT2D eigenvalue weighted by Crippen LogP contribution is 2.15. The molecule has 4 heteroatoms. The third kappa shape index (κ3) is 11.6. The molecule has 0 bridgehead atoms. The molecule has 0 aliphatic rings. The number of benzene rings is 1. The smallest absolute Gasteiger partial charge is 0.188 e. The van der Waals surface area contributed by atoms with Crippen LogP contribution in [0.15, 0.2) is 37.1 Å². The molecule has 0 aromatic heterocycles. The molecule has 0 aliphatic carbocycles. The first-order valence-electron chi connectivity index (χ1n) is 9.46. The zero-order valence-electron chi connectivity index (χ0n) is 15.6. The molecular formula is C21H34O4. The van der Waals surface area contributed by atoms with Gasteiger partial charge in [0.1, 0.15) is 18.5 Å². The predicted molar refractivity (Wildman–Crippen MR) is 102 cm³/mol. The molecule has 0 spiro atoms. The van der Waals surface area contributed by atoms with Crippen LogP contribution < -0.4 is 4.74 Å². The first kappa shape index (κ1) is 21.5. The summed E-state index contributed by atoms with van der Waals surface area (Å²) in [6.45, 7) is 6.12. The van der Waals surface area contributed by atoms with Crippen LogP contribution in [0.25, 0.3) is 0 Å². The molecule has 1 aromatic carbocycles. The molecular weight excluding hydrogens is 316 g/mol. The van der Waals surface area contributed by atoms with Crippen LogP contribution in [0.5, 0.6) is 5.75 Å². The maximum Gasteiger partial charge on any atom is 0.188 e. The van der Waals surface area contributed by atoms with Gasteiger partial charge in [-0.2, -0.15) is 0 Å². The zero-order chi connectivity index (χ0) is 18.2. The van der Waals surface area contributed by atoms with E-state index in [0.717, 1.165) is 12.2 Å². The average molecular weight is 350 g/mol. The van der Waals surface area contributed by atoms with Gasteiger partial charge in [-0.15, -0.1) is 0 Å². The van der Waals surface area contributed by atoms with E-state index in [-0.39, 0.29) is 20.0 Å². The molecule has 1 atom stereocenters. The van der Waals surface area contributed by atoms with E-state index in [1.807, 2.05) is 12.1 Å². The number of ether oxygens (including phenoxy) is 3. The minimum absolute atomic E-state index is 0.0911. The van der Waals surface area contributed by atoms with Gasteiger partial charge in [0.25, 0.3) is 0 Å². The molecule has 0 amide bonds. The molecule has 142 valence electrons. The minimum Gasteiger partial charge on any atom is -0.491 e. The van der Waals surface area contributed by atoms with Gasteiger partial charge in [0.15, 0.2) is 6.79 Å². The van der Waals surface area contributed by atoms with Gasteiger partial charge in [-0.1, -0.05) is 64.2 Å². The molecule has 0 radical (unpaired) electrons. The Kier molecular flexibility index (Phi) is 12.7. The fourth-order valence-electron chi connectivity index (χ4n) is 2.56. The monoisotopic (exact) mass is 350 g/mol. The lowest BCUT2D eigenvalue weighted by molar-refractivity contribution is -0.0561. The van der Waals surface area contributed by atoms with Crippen molar-refractivity contribution in [3.8, 4) is 5.75 Å². The standard InChI is InChI=1S/C21H34O4/c1-3-5-6-7-8-9-10-11-19-12-14-21(15-13-19)25-17-20(22)16-24-18-23-4-2/h4,12-15,20,22H,2-3,5-11,16-18H2,1H3. The van der Waals surface area contributed by atoms with E-state index in [2.05, 4.69) is 25.6 Å². The molecule has 0 heterocycles. The Bertz CT molecular complexity index is 430. The van der Waals surface area contributed by atoms with E-state index in [4.69, 9.17) is 14.2 Å². The van der Waals surface area contributed by atoms with Crippen LogP contribution in [0.4, 0.5) is 0 Å². The molecule has 1 N–H and O–H groups in total. The summed E-state index contributed by atoms with van der Waals surface area (Å²) in [6, 6.07) is 8.14. The zero-order valence-corrected chi connectivity index (χ0v) is 15.6. The molecule has 0 saturated carbocycles. The maximum absolute atomic E-state index is 9.75. The van der Waals surface area contributed by atoms with Gasteiger partial charge in [-0.05, 0) is 30.5 Å². The second-order valence-electron chi connectivity index (χ2n) is 6.30. The van der Waals surface area contributed by atoms with Gasteiger partial charge >= 0.3 is 0 Å². The fraction of sp³-hybridized carbons (Fsp3) is 0.619. The number of unbranched alkanes of at least 4 members (excludes halogenated alkanes) is 6. The highest BCUT2D eigenvalue weighted by Gasteiger charge is 2.05. The van der Waals surface area contributed by atoms with E-state index in [1.54, 1.807) is 0 Å². The van der Waals surface area contributed by atoms with Gasteiger partial charge < -0.3 is 19.3 Å². The molecule has 0 fully saturated rings. The summed E-state index contributed by atoms with van der Waals surface area (Å²) in [6.07, 6.45) is 11.1. The van der Waals surface area contributed by atoms with Crippen molar-refractivity contribution in [1.29, 1.82) is 0 Å². The Labute approximate surface area is 152 Å². The third-order valence-corrected chi connectivity index (χ3v) is 4.01. The quantitative estimate of drug-likeness (QED) is 0.263. The Morgan fingerprint density at radius 3 is 2.36 bits per heavy atom. The van der Waals surface area contributed by atoms with Crippen LogP contribution in [0.3, 0.4) is 0 Å². The number of aryl methyl sites for hydroxylation is 1. The van der Waals surface area contributed by atoms with Crippen molar-refractivity contribution in [3.63, 3.8) is 0 Å². The summed E-state index contributed by atoms with van der Waals surface area (Å²) in [5.41, 5.74) is 1.34. The van der Waals surface area contributed by atoms with Crippen molar-refractivity contribution in [2.45, 2.75) is 64.4 Å². The molecule has 4 nitrogen and oxygen atoms in total. The minimum atomic E-state index is -0.680. The molecule has 25 heavy (non-hydrogen) atoms. The van der Waals surface area contributed by atoms with E-state index >= 15 is 0 Å². The summed E-state index contributed by atoms with van der Waals surface area (Å²) in [7, 11) is 0. The second-order valence-corrected chi connectivity index (χ2v) is 6.30.